The van der Waals surface area contributed by atoms with Crippen LogP contribution in [0.15, 0.2) is 48.5 Å². The van der Waals surface area contributed by atoms with E-state index in [0.717, 1.165) is 0 Å². The molecule has 2 aromatic carbocycles. The lowest BCUT2D eigenvalue weighted by Crippen LogP contribution is -2.33. The lowest BCUT2D eigenvalue weighted by molar-refractivity contribution is -0.153. The molecule has 0 saturated carbocycles. The third kappa shape index (κ3) is 4.99. The van der Waals surface area contributed by atoms with Crippen molar-refractivity contribution < 1.29 is 29.3 Å². The zero-order valence-corrected chi connectivity index (χ0v) is 14.7. The van der Waals surface area contributed by atoms with Crippen LogP contribution in [-0.2, 0) is 22.4 Å². The van der Waals surface area contributed by atoms with Crippen LogP contribution in [0.3, 0.4) is 0 Å². The monoisotopic (exact) mass is 358 g/mol. The van der Waals surface area contributed by atoms with Gasteiger partial charge in [-0.15, -0.1) is 0 Å². The van der Waals surface area contributed by atoms with Gasteiger partial charge in [0.1, 0.15) is 11.5 Å². The first-order valence-electron chi connectivity index (χ1n) is 8.16. The van der Waals surface area contributed by atoms with Crippen LogP contribution in [0.25, 0.3) is 0 Å². The summed E-state index contributed by atoms with van der Waals surface area (Å²) in [5.41, 5.74) is 1.43. The first-order valence-corrected chi connectivity index (χ1v) is 8.16. The number of ether oxygens (including phenoxy) is 2. The lowest BCUT2D eigenvalue weighted by Gasteiger charge is -2.21. The summed E-state index contributed by atoms with van der Waals surface area (Å²) in [5, 5.41) is 19.3. The number of benzene rings is 2. The zero-order chi connectivity index (χ0) is 19.1. The third-order valence-corrected chi connectivity index (χ3v) is 4.30. The predicted octanol–water partition coefficient (Wildman–Crippen LogP) is 2.89. The molecule has 0 bridgehead atoms. The van der Waals surface area contributed by atoms with E-state index >= 15 is 0 Å². The summed E-state index contributed by atoms with van der Waals surface area (Å²) in [7, 11) is 3.05. The SMILES string of the molecule is COc1cccc(CC(C(=O)O)C(Cc2cccc(OC)c2)C(=O)O)c1. The van der Waals surface area contributed by atoms with Gasteiger partial charge in [0.05, 0.1) is 26.1 Å². The lowest BCUT2D eigenvalue weighted by atomic mass is 9.82. The summed E-state index contributed by atoms with van der Waals surface area (Å²) in [5.74, 6) is -3.19. The van der Waals surface area contributed by atoms with Crippen LogP contribution in [0.2, 0.25) is 0 Å². The van der Waals surface area contributed by atoms with Crippen LogP contribution in [0, 0.1) is 11.8 Å². The molecular formula is C20H22O6. The molecule has 0 amide bonds. The first kappa shape index (κ1) is 19.3. The molecule has 6 heteroatoms. The fourth-order valence-electron chi connectivity index (χ4n) is 2.91. The second-order valence-electron chi connectivity index (χ2n) is 6.00. The Bertz CT molecular complexity index is 705. The molecule has 0 aliphatic heterocycles. The van der Waals surface area contributed by atoms with E-state index in [1.165, 1.54) is 14.2 Å². The zero-order valence-electron chi connectivity index (χ0n) is 14.7. The van der Waals surface area contributed by atoms with Gasteiger partial charge in [-0.25, -0.2) is 0 Å². The number of carboxylic acids is 2. The number of rotatable bonds is 9. The minimum absolute atomic E-state index is 0.105. The number of methoxy groups -OCH3 is 2. The molecule has 0 aliphatic rings. The molecule has 2 unspecified atom stereocenters. The van der Waals surface area contributed by atoms with Crippen LogP contribution >= 0.6 is 0 Å². The number of carboxylic acid groups (broad SMARTS) is 2. The highest BCUT2D eigenvalue weighted by Crippen LogP contribution is 2.26. The quantitative estimate of drug-likeness (QED) is 0.716. The van der Waals surface area contributed by atoms with Crippen molar-refractivity contribution in [3.05, 3.63) is 59.7 Å². The van der Waals surface area contributed by atoms with E-state index in [9.17, 15) is 19.8 Å². The standard InChI is InChI=1S/C20H22O6/c1-25-15-7-3-5-13(9-15)11-17(19(21)22)18(20(23)24)12-14-6-4-8-16(10-14)26-2/h3-10,17-18H,11-12H2,1-2H3,(H,21,22)(H,23,24). The molecule has 0 fully saturated rings. The number of hydrogen-bond acceptors (Lipinski definition) is 4. The molecule has 0 aliphatic carbocycles. The summed E-state index contributed by atoms with van der Waals surface area (Å²) in [6, 6.07) is 14.0. The highest BCUT2D eigenvalue weighted by atomic mass is 16.5. The third-order valence-electron chi connectivity index (χ3n) is 4.30. The summed E-state index contributed by atoms with van der Waals surface area (Å²) >= 11 is 0. The maximum Gasteiger partial charge on any atom is 0.307 e. The van der Waals surface area contributed by atoms with Crippen molar-refractivity contribution in [1.82, 2.24) is 0 Å². The summed E-state index contributed by atoms with van der Waals surface area (Å²) < 4.78 is 10.3. The van der Waals surface area contributed by atoms with Gasteiger partial charge in [0, 0.05) is 0 Å². The van der Waals surface area contributed by atoms with E-state index in [2.05, 4.69) is 0 Å². The van der Waals surface area contributed by atoms with E-state index in [4.69, 9.17) is 9.47 Å². The molecule has 2 rings (SSSR count). The van der Waals surface area contributed by atoms with Crippen LogP contribution in [-0.4, -0.2) is 36.4 Å². The van der Waals surface area contributed by atoms with Crippen molar-refractivity contribution in [1.29, 1.82) is 0 Å². The van der Waals surface area contributed by atoms with Crippen LogP contribution in [0.4, 0.5) is 0 Å². The van der Waals surface area contributed by atoms with Crippen LogP contribution in [0.5, 0.6) is 11.5 Å². The Morgan fingerprint density at radius 1 is 0.808 bits per heavy atom. The van der Waals surface area contributed by atoms with E-state index < -0.39 is 23.8 Å². The molecule has 138 valence electrons. The molecule has 2 atom stereocenters. The van der Waals surface area contributed by atoms with Crippen molar-refractivity contribution in [2.45, 2.75) is 12.8 Å². The minimum atomic E-state index is -1.14. The number of carbonyl (C=O) groups is 2. The number of aliphatic carboxylic acids is 2. The normalized spacial score (nSPS) is 12.8. The Kier molecular flexibility index (Phi) is 6.60. The average Bonchev–Trinajstić information content (AvgIpc) is 2.64. The fourth-order valence-corrected chi connectivity index (χ4v) is 2.91. The smallest absolute Gasteiger partial charge is 0.307 e. The van der Waals surface area contributed by atoms with Crippen molar-refractivity contribution in [3.63, 3.8) is 0 Å². The van der Waals surface area contributed by atoms with Gasteiger partial charge in [0.15, 0.2) is 0 Å². The van der Waals surface area contributed by atoms with Gasteiger partial charge in [-0.1, -0.05) is 24.3 Å². The van der Waals surface area contributed by atoms with Crippen molar-refractivity contribution in [2.24, 2.45) is 11.8 Å². The van der Waals surface area contributed by atoms with Gasteiger partial charge in [0.25, 0.3) is 0 Å². The second kappa shape index (κ2) is 8.89. The molecule has 0 heterocycles. The highest BCUT2D eigenvalue weighted by Gasteiger charge is 2.34. The Morgan fingerprint density at radius 2 is 1.19 bits per heavy atom. The topological polar surface area (TPSA) is 93.1 Å². The van der Waals surface area contributed by atoms with Gasteiger partial charge in [-0.2, -0.15) is 0 Å². The maximum absolute atomic E-state index is 11.8. The first-order chi connectivity index (χ1) is 12.4. The van der Waals surface area contributed by atoms with Gasteiger partial charge < -0.3 is 19.7 Å². The molecule has 6 nitrogen and oxygen atoms in total. The van der Waals surface area contributed by atoms with Crippen molar-refractivity contribution >= 4 is 11.9 Å². The molecule has 2 N–H and O–H groups in total. The molecule has 0 spiro atoms. The molecule has 0 aromatic heterocycles. The molecule has 26 heavy (non-hydrogen) atoms. The van der Waals surface area contributed by atoms with Crippen molar-refractivity contribution in [2.75, 3.05) is 14.2 Å². The molecular weight excluding hydrogens is 336 g/mol. The molecule has 0 saturated heterocycles. The minimum Gasteiger partial charge on any atom is -0.497 e. The maximum atomic E-state index is 11.8. The van der Waals surface area contributed by atoms with E-state index in [1.54, 1.807) is 48.5 Å². The van der Waals surface area contributed by atoms with Crippen LogP contribution in [0.1, 0.15) is 11.1 Å². The van der Waals surface area contributed by atoms with Gasteiger partial charge in [-0.3, -0.25) is 9.59 Å². The summed E-state index contributed by atoms with van der Waals surface area (Å²) in [6.45, 7) is 0. The summed E-state index contributed by atoms with van der Waals surface area (Å²) in [6.07, 6.45) is 0.209. The van der Waals surface area contributed by atoms with Gasteiger partial charge >= 0.3 is 11.9 Å². The van der Waals surface area contributed by atoms with Crippen LogP contribution < -0.4 is 9.47 Å². The van der Waals surface area contributed by atoms with E-state index in [0.29, 0.717) is 22.6 Å². The fraction of sp³-hybridized carbons (Fsp3) is 0.300. The van der Waals surface area contributed by atoms with Gasteiger partial charge in [-0.05, 0) is 48.2 Å². The molecule has 2 aromatic rings. The predicted molar refractivity (Wildman–Crippen MR) is 95.6 cm³/mol. The largest absolute Gasteiger partial charge is 0.497 e. The van der Waals surface area contributed by atoms with Crippen molar-refractivity contribution in [3.8, 4) is 11.5 Å². The second-order valence-corrected chi connectivity index (χ2v) is 6.00. The Hall–Kier alpha value is -3.02. The number of hydrogen-bond donors (Lipinski definition) is 2. The van der Waals surface area contributed by atoms with Gasteiger partial charge in [0.2, 0.25) is 0 Å². The van der Waals surface area contributed by atoms with E-state index in [1.807, 2.05) is 0 Å². The Morgan fingerprint density at radius 3 is 1.50 bits per heavy atom. The Balaban J connectivity index is 2.27. The Labute approximate surface area is 152 Å². The average molecular weight is 358 g/mol. The summed E-state index contributed by atoms with van der Waals surface area (Å²) in [4.78, 5) is 23.6. The highest BCUT2D eigenvalue weighted by molar-refractivity contribution is 5.80. The van der Waals surface area contributed by atoms with E-state index in [-0.39, 0.29) is 12.8 Å². The molecule has 0 radical (unpaired) electrons.